The number of rotatable bonds is 6. The summed E-state index contributed by atoms with van der Waals surface area (Å²) in [6.45, 7) is 0. The highest BCUT2D eigenvalue weighted by Gasteiger charge is 2.26. The van der Waals surface area contributed by atoms with Crippen LogP contribution in [0.15, 0.2) is 0 Å². The molecule has 0 amide bonds. The number of nitrogens with two attached hydrogens (primary N) is 1. The summed E-state index contributed by atoms with van der Waals surface area (Å²) in [6, 6.07) is -1.05. The molecule has 1 atom stereocenters. The van der Waals surface area contributed by atoms with Gasteiger partial charge in [0.2, 0.25) is 0 Å². The van der Waals surface area contributed by atoms with E-state index in [9.17, 15) is 4.79 Å². The molecule has 0 fully saturated rings. The molecule has 8 heteroatoms. The lowest BCUT2D eigenvalue weighted by atomic mass is 10.4. The SMILES string of the molecule is NC(CSCC[Si](O)(O)O)C(=O)O. The van der Waals surface area contributed by atoms with E-state index in [0.717, 1.165) is 0 Å². The monoisotopic (exact) mass is 227 g/mol. The molecule has 0 aromatic heterocycles. The number of carbonyl (C=O) groups is 1. The summed E-state index contributed by atoms with van der Waals surface area (Å²) in [5, 5.41) is 8.36. The number of hydrogen-bond donors (Lipinski definition) is 5. The minimum Gasteiger partial charge on any atom is -0.480 e. The summed E-state index contributed by atoms with van der Waals surface area (Å²) in [5.74, 6) is -0.607. The smallest absolute Gasteiger partial charge is 0.480 e. The fraction of sp³-hybridized carbons (Fsp3) is 0.800. The van der Waals surface area contributed by atoms with Gasteiger partial charge in [-0.05, 0) is 5.75 Å². The molecule has 13 heavy (non-hydrogen) atoms. The van der Waals surface area contributed by atoms with Crippen molar-refractivity contribution in [3.05, 3.63) is 0 Å². The lowest BCUT2D eigenvalue weighted by Crippen LogP contribution is -2.36. The minimum atomic E-state index is -3.97. The van der Waals surface area contributed by atoms with Gasteiger partial charge in [-0.1, -0.05) is 0 Å². The van der Waals surface area contributed by atoms with Crippen molar-refractivity contribution in [3.63, 3.8) is 0 Å². The quantitative estimate of drug-likeness (QED) is 0.264. The molecule has 6 N–H and O–H groups in total. The van der Waals surface area contributed by atoms with Gasteiger partial charge in [0.15, 0.2) is 0 Å². The maximum Gasteiger partial charge on any atom is 0.493 e. The summed E-state index contributed by atoms with van der Waals surface area (Å²) in [5.41, 5.74) is 5.17. The first-order valence-electron chi connectivity index (χ1n) is 3.56. The van der Waals surface area contributed by atoms with Gasteiger partial charge in [-0.25, -0.2) is 0 Å². The molecule has 78 valence electrons. The summed E-state index contributed by atoms with van der Waals surface area (Å²) >= 11 is 1.17. The highest BCUT2D eigenvalue weighted by molar-refractivity contribution is 7.99. The number of aliphatic carboxylic acids is 1. The first-order chi connectivity index (χ1) is 5.83. The van der Waals surface area contributed by atoms with E-state index in [2.05, 4.69) is 0 Å². The Bertz CT molecular complexity index is 173. The molecule has 0 saturated carbocycles. The number of carboxylic acids is 1. The summed E-state index contributed by atoms with van der Waals surface area (Å²) in [4.78, 5) is 36.0. The van der Waals surface area contributed by atoms with E-state index in [-0.39, 0.29) is 17.5 Å². The lowest BCUT2D eigenvalue weighted by molar-refractivity contribution is -0.137. The van der Waals surface area contributed by atoms with Gasteiger partial charge in [-0.2, -0.15) is 11.8 Å². The van der Waals surface area contributed by atoms with Crippen LogP contribution in [0.5, 0.6) is 0 Å². The molecule has 0 aromatic carbocycles. The molecule has 1 unspecified atom stereocenters. The van der Waals surface area contributed by atoms with E-state index in [1.54, 1.807) is 0 Å². The molecule has 0 saturated heterocycles. The Kier molecular flexibility index (Phi) is 5.52. The molecule has 0 rings (SSSR count). The van der Waals surface area contributed by atoms with Crippen molar-refractivity contribution in [3.8, 4) is 0 Å². The van der Waals surface area contributed by atoms with Gasteiger partial charge in [0.1, 0.15) is 6.04 Å². The molecule has 0 spiro atoms. The van der Waals surface area contributed by atoms with Crippen molar-refractivity contribution >= 4 is 26.5 Å². The summed E-state index contributed by atoms with van der Waals surface area (Å²) in [7, 11) is -3.97. The third-order valence-corrected chi connectivity index (χ3v) is 3.57. The molecule has 0 radical (unpaired) electrons. The van der Waals surface area contributed by atoms with Crippen LogP contribution in [0.4, 0.5) is 0 Å². The Morgan fingerprint density at radius 2 is 2.00 bits per heavy atom. The van der Waals surface area contributed by atoms with Crippen LogP contribution in [0, 0.1) is 0 Å². The molecule has 0 bridgehead atoms. The van der Waals surface area contributed by atoms with Crippen LogP contribution >= 0.6 is 11.8 Å². The largest absolute Gasteiger partial charge is 0.493 e. The van der Waals surface area contributed by atoms with E-state index < -0.39 is 20.8 Å². The Labute approximate surface area is 80.8 Å². The molecule has 0 aliphatic heterocycles. The van der Waals surface area contributed by atoms with Crippen LogP contribution in [0.2, 0.25) is 6.04 Å². The van der Waals surface area contributed by atoms with Gasteiger partial charge in [-0.3, -0.25) is 4.79 Å². The van der Waals surface area contributed by atoms with Crippen molar-refractivity contribution < 1.29 is 24.3 Å². The first kappa shape index (κ1) is 12.9. The highest BCUT2D eigenvalue weighted by atomic mass is 32.2. The molecular weight excluding hydrogens is 214 g/mol. The Balaban J connectivity index is 3.41. The van der Waals surface area contributed by atoms with Gasteiger partial charge < -0.3 is 25.2 Å². The molecule has 0 aliphatic carbocycles. The van der Waals surface area contributed by atoms with Crippen LogP contribution < -0.4 is 5.73 Å². The Morgan fingerprint density at radius 1 is 1.46 bits per heavy atom. The fourth-order valence-electron chi connectivity index (χ4n) is 0.491. The van der Waals surface area contributed by atoms with Crippen LogP contribution in [-0.2, 0) is 4.79 Å². The molecule has 6 nitrogen and oxygen atoms in total. The molecule has 0 aromatic rings. The second kappa shape index (κ2) is 5.57. The topological polar surface area (TPSA) is 124 Å². The summed E-state index contributed by atoms with van der Waals surface area (Å²) < 4.78 is 0. The van der Waals surface area contributed by atoms with Crippen molar-refractivity contribution in [2.45, 2.75) is 12.1 Å². The second-order valence-electron chi connectivity index (χ2n) is 2.54. The third kappa shape index (κ3) is 8.21. The van der Waals surface area contributed by atoms with E-state index in [4.69, 9.17) is 25.2 Å². The molecule has 0 heterocycles. The maximum absolute atomic E-state index is 10.2. The van der Waals surface area contributed by atoms with Gasteiger partial charge in [0.05, 0.1) is 0 Å². The number of hydrogen-bond acceptors (Lipinski definition) is 6. The number of thioether (sulfide) groups is 1. The highest BCUT2D eigenvalue weighted by Crippen LogP contribution is 2.08. The van der Waals surface area contributed by atoms with E-state index in [0.29, 0.717) is 0 Å². The minimum absolute atomic E-state index is 0.107. The second-order valence-corrected chi connectivity index (χ2v) is 5.74. The number of carboxylic acid groups (broad SMARTS) is 1. The van der Waals surface area contributed by atoms with Gasteiger partial charge in [-0.15, -0.1) is 0 Å². The Hall–Kier alpha value is -0.123. The zero-order valence-electron chi connectivity index (χ0n) is 6.88. The van der Waals surface area contributed by atoms with Crippen molar-refractivity contribution in [2.75, 3.05) is 11.5 Å². The van der Waals surface area contributed by atoms with Gasteiger partial charge in [0, 0.05) is 11.8 Å². The van der Waals surface area contributed by atoms with Crippen molar-refractivity contribution in [1.29, 1.82) is 0 Å². The average molecular weight is 227 g/mol. The fourth-order valence-corrected chi connectivity index (χ4v) is 2.73. The third-order valence-electron chi connectivity index (χ3n) is 1.20. The Morgan fingerprint density at radius 3 is 2.38 bits per heavy atom. The molecular formula is C5H13NO5SSi. The normalized spacial score (nSPS) is 14.2. The predicted octanol–water partition coefficient (Wildman–Crippen LogP) is -1.95. The van der Waals surface area contributed by atoms with E-state index >= 15 is 0 Å². The van der Waals surface area contributed by atoms with Gasteiger partial charge >= 0.3 is 14.8 Å². The first-order valence-corrected chi connectivity index (χ1v) is 6.76. The van der Waals surface area contributed by atoms with Crippen LogP contribution in [-0.4, -0.2) is 51.8 Å². The predicted molar refractivity (Wildman–Crippen MR) is 50.2 cm³/mol. The van der Waals surface area contributed by atoms with Gasteiger partial charge in [0.25, 0.3) is 0 Å². The molecule has 0 aliphatic rings. The van der Waals surface area contributed by atoms with Crippen LogP contribution in [0.25, 0.3) is 0 Å². The van der Waals surface area contributed by atoms with Crippen LogP contribution in [0.3, 0.4) is 0 Å². The van der Waals surface area contributed by atoms with E-state index in [1.807, 2.05) is 0 Å². The lowest BCUT2D eigenvalue weighted by Gasteiger charge is -2.09. The van der Waals surface area contributed by atoms with Crippen LogP contribution in [0.1, 0.15) is 0 Å². The zero-order valence-corrected chi connectivity index (χ0v) is 8.70. The zero-order chi connectivity index (χ0) is 10.5. The summed E-state index contributed by atoms with van der Waals surface area (Å²) in [6.07, 6.45) is 0. The van der Waals surface area contributed by atoms with E-state index in [1.165, 1.54) is 11.8 Å². The standard InChI is InChI=1S/C5H13NO5SSi/c6-4(5(7)8)3-12-1-2-13(9,10)11/h4,9-11H,1-3,6H2,(H,7,8). The maximum atomic E-state index is 10.2. The van der Waals surface area contributed by atoms with Crippen molar-refractivity contribution in [1.82, 2.24) is 0 Å². The average Bonchev–Trinajstić information content (AvgIpc) is 1.95. The van der Waals surface area contributed by atoms with Crippen molar-refractivity contribution in [2.24, 2.45) is 5.73 Å².